The van der Waals surface area contributed by atoms with Gasteiger partial charge in [0.2, 0.25) is 0 Å². The Morgan fingerprint density at radius 3 is 1.59 bits per heavy atom. The quantitative estimate of drug-likeness (QED) is 0.177. The fourth-order valence-corrected chi connectivity index (χ4v) is 3.81. The molecule has 0 bridgehead atoms. The number of hydrogen-bond donors (Lipinski definition) is 0. The molecule has 1 heterocycles. The Morgan fingerprint density at radius 1 is 0.676 bits per heavy atom. The van der Waals surface area contributed by atoms with Crippen molar-refractivity contribution in [2.24, 2.45) is 0 Å². The summed E-state index contributed by atoms with van der Waals surface area (Å²) in [4.78, 5) is 2.12. The summed E-state index contributed by atoms with van der Waals surface area (Å²) in [6, 6.07) is 11.6. The SMILES string of the molecule is COCCOc1cccc(OCCOC)c1N1[CH-][N+](=c2c(OCCOC)c[cH-]cc2OCCOC)CC1. The number of para-hydroxylation sites is 2. The fourth-order valence-electron chi connectivity index (χ4n) is 3.81. The van der Waals surface area contributed by atoms with E-state index in [9.17, 15) is 0 Å². The van der Waals surface area contributed by atoms with E-state index in [1.54, 1.807) is 28.4 Å². The first kappa shape index (κ1) is 28.5. The van der Waals surface area contributed by atoms with Crippen LogP contribution in [0.2, 0.25) is 0 Å². The molecule has 1 fully saturated rings. The maximum absolute atomic E-state index is 6.06. The predicted octanol–water partition coefficient (Wildman–Crippen LogP) is 1.92. The van der Waals surface area contributed by atoms with E-state index in [-0.39, 0.29) is 0 Å². The molecule has 0 atom stereocenters. The van der Waals surface area contributed by atoms with Gasteiger partial charge in [0.05, 0.1) is 52.9 Å². The van der Waals surface area contributed by atoms with Crippen molar-refractivity contribution >= 4 is 5.69 Å². The number of hydrogen-bond acceptors (Lipinski definition) is 9. The van der Waals surface area contributed by atoms with Crippen LogP contribution in [0, 0.1) is 6.67 Å². The Balaban J connectivity index is 1.97. The largest absolute Gasteiger partial charge is 0.561 e. The van der Waals surface area contributed by atoms with E-state index in [0.717, 1.165) is 11.0 Å². The molecule has 0 radical (unpaired) electrons. The van der Waals surface area contributed by atoms with Crippen LogP contribution >= 0.6 is 0 Å². The molecule has 10 nitrogen and oxygen atoms in total. The predicted molar refractivity (Wildman–Crippen MR) is 140 cm³/mol. The molecule has 0 unspecified atom stereocenters. The lowest BCUT2D eigenvalue weighted by atomic mass is 10.2. The summed E-state index contributed by atoms with van der Waals surface area (Å²) in [7, 11) is 6.61. The summed E-state index contributed by atoms with van der Waals surface area (Å²) in [6.45, 7) is 7.08. The third-order valence-electron chi connectivity index (χ3n) is 5.54. The Labute approximate surface area is 219 Å². The smallest absolute Gasteiger partial charge is 0.145 e. The lowest BCUT2D eigenvalue weighted by molar-refractivity contribution is 0.140. The third kappa shape index (κ3) is 8.22. The zero-order valence-corrected chi connectivity index (χ0v) is 22.3. The highest BCUT2D eigenvalue weighted by Crippen LogP contribution is 2.39. The Morgan fingerprint density at radius 2 is 1.14 bits per heavy atom. The van der Waals surface area contributed by atoms with Crippen molar-refractivity contribution in [1.29, 1.82) is 0 Å². The van der Waals surface area contributed by atoms with Crippen molar-refractivity contribution in [2.75, 3.05) is 99.3 Å². The molecular formula is C27H39N2O8-. The van der Waals surface area contributed by atoms with E-state index < -0.39 is 0 Å². The van der Waals surface area contributed by atoms with E-state index in [0.29, 0.717) is 88.9 Å². The minimum Gasteiger partial charge on any atom is -0.561 e. The van der Waals surface area contributed by atoms with E-state index in [4.69, 9.17) is 37.9 Å². The van der Waals surface area contributed by atoms with Crippen LogP contribution in [0.4, 0.5) is 5.69 Å². The van der Waals surface area contributed by atoms with E-state index in [1.165, 1.54) is 0 Å². The molecule has 10 heteroatoms. The zero-order valence-electron chi connectivity index (χ0n) is 22.3. The van der Waals surface area contributed by atoms with Gasteiger partial charge in [-0.05, 0) is 23.6 Å². The first-order chi connectivity index (χ1) is 18.2. The van der Waals surface area contributed by atoms with Crippen LogP contribution in [-0.2, 0) is 18.9 Å². The highest BCUT2D eigenvalue weighted by atomic mass is 16.5. The Bertz CT molecular complexity index is 951. The van der Waals surface area contributed by atoms with Crippen LogP contribution in [0.3, 0.4) is 0 Å². The van der Waals surface area contributed by atoms with Crippen LogP contribution in [0.15, 0.2) is 36.4 Å². The van der Waals surface area contributed by atoms with Gasteiger partial charge >= 0.3 is 0 Å². The summed E-state index contributed by atoms with van der Waals surface area (Å²) >= 11 is 0. The molecule has 1 saturated heterocycles. The van der Waals surface area contributed by atoms with Crippen molar-refractivity contribution in [3.8, 4) is 23.0 Å². The molecule has 0 aromatic heterocycles. The molecule has 37 heavy (non-hydrogen) atoms. The standard InChI is InChI=1S/C27H39N2O8/c1-30-13-17-34-22-7-5-8-23(35-18-14-31-2)26(22)28-11-12-29(21-28)27-24(36-19-15-32-3)9-6-10-25(27)37-20-16-33-4/h5-10,21H,11-20H2,1-4H3/q-1. The third-order valence-corrected chi connectivity index (χ3v) is 5.54. The molecule has 0 N–H and O–H groups in total. The van der Waals surface area contributed by atoms with Gasteiger partial charge in [-0.25, -0.2) is 0 Å². The second-order valence-corrected chi connectivity index (χ2v) is 8.07. The highest BCUT2D eigenvalue weighted by Gasteiger charge is 2.24. The fraction of sp³-hybridized carbons (Fsp3) is 0.519. The topological polar surface area (TPSA) is 80.1 Å². The van der Waals surface area contributed by atoms with Crippen LogP contribution in [0.5, 0.6) is 23.0 Å². The maximum Gasteiger partial charge on any atom is 0.145 e. The summed E-state index contributed by atoms with van der Waals surface area (Å²) in [5.74, 6) is 2.86. The first-order valence-corrected chi connectivity index (χ1v) is 12.3. The van der Waals surface area contributed by atoms with Gasteiger partial charge in [-0.2, -0.15) is 6.07 Å². The van der Waals surface area contributed by atoms with E-state index >= 15 is 0 Å². The molecular weight excluding hydrogens is 480 g/mol. The van der Waals surface area contributed by atoms with Gasteiger partial charge in [0.1, 0.15) is 36.9 Å². The number of nitrogens with zero attached hydrogens (tertiary/aromatic N) is 2. The van der Waals surface area contributed by atoms with Crippen LogP contribution in [0.1, 0.15) is 0 Å². The van der Waals surface area contributed by atoms with Crippen molar-refractivity contribution in [3.63, 3.8) is 0 Å². The zero-order chi connectivity index (χ0) is 26.3. The molecule has 206 valence electrons. The molecule has 2 aromatic rings. The number of anilines is 1. The number of rotatable bonds is 17. The highest BCUT2D eigenvalue weighted by molar-refractivity contribution is 5.69. The summed E-state index contributed by atoms with van der Waals surface area (Å²) in [5.41, 5.74) is 0.844. The van der Waals surface area contributed by atoms with Crippen molar-refractivity contribution in [2.45, 2.75) is 0 Å². The minimum atomic E-state index is 0.427. The van der Waals surface area contributed by atoms with Gasteiger partial charge in [0, 0.05) is 33.8 Å². The Kier molecular flexibility index (Phi) is 12.3. The summed E-state index contributed by atoms with van der Waals surface area (Å²) < 4.78 is 47.1. The second-order valence-electron chi connectivity index (χ2n) is 8.07. The molecule has 0 saturated carbocycles. The number of benzene rings is 2. The van der Waals surface area contributed by atoms with Gasteiger partial charge in [-0.15, -0.1) is 12.1 Å². The lowest BCUT2D eigenvalue weighted by Gasteiger charge is -2.25. The average Bonchev–Trinajstić information content (AvgIpc) is 3.39. The second kappa shape index (κ2) is 15.9. The van der Waals surface area contributed by atoms with Crippen molar-refractivity contribution in [3.05, 3.63) is 48.4 Å². The Hall–Kier alpha value is -3.05. The van der Waals surface area contributed by atoms with Gasteiger partial charge in [0.25, 0.3) is 0 Å². The average molecular weight is 520 g/mol. The first-order valence-electron chi connectivity index (χ1n) is 12.3. The normalized spacial score (nSPS) is 13.0. The van der Waals surface area contributed by atoms with Crippen LogP contribution in [-0.4, -0.2) is 94.4 Å². The van der Waals surface area contributed by atoms with Gasteiger partial charge in [-0.3, -0.25) is 0 Å². The minimum absolute atomic E-state index is 0.427. The van der Waals surface area contributed by atoms with Crippen LogP contribution in [0.25, 0.3) is 0 Å². The van der Waals surface area contributed by atoms with Gasteiger partial charge < -0.3 is 47.4 Å². The molecule has 1 aliphatic heterocycles. The molecule has 0 aliphatic carbocycles. The monoisotopic (exact) mass is 519 g/mol. The summed E-state index contributed by atoms with van der Waals surface area (Å²) in [6.07, 6.45) is 0. The van der Waals surface area contributed by atoms with E-state index in [1.807, 2.05) is 43.1 Å². The number of ether oxygens (including phenoxy) is 8. The van der Waals surface area contributed by atoms with Crippen molar-refractivity contribution in [1.82, 2.24) is 4.58 Å². The van der Waals surface area contributed by atoms with Gasteiger partial charge in [-0.1, -0.05) is 6.07 Å². The number of methoxy groups -OCH3 is 4. The molecule has 0 amide bonds. The lowest BCUT2D eigenvalue weighted by Crippen LogP contribution is -2.30. The molecule has 3 rings (SSSR count). The van der Waals surface area contributed by atoms with Gasteiger partial charge in [0.15, 0.2) is 0 Å². The van der Waals surface area contributed by atoms with Crippen molar-refractivity contribution < 1.29 is 37.9 Å². The van der Waals surface area contributed by atoms with E-state index in [2.05, 4.69) is 9.48 Å². The molecule has 2 aromatic carbocycles. The maximum atomic E-state index is 6.06. The molecule has 1 aliphatic rings. The molecule has 0 spiro atoms. The van der Waals surface area contributed by atoms with Crippen LogP contribution < -0.4 is 33.8 Å². The summed E-state index contributed by atoms with van der Waals surface area (Å²) in [5, 5.41) is 0.844.